The van der Waals surface area contributed by atoms with Crippen molar-refractivity contribution in [3.63, 3.8) is 0 Å². The second-order valence-electron chi connectivity index (χ2n) is 7.64. The predicted octanol–water partition coefficient (Wildman–Crippen LogP) is 2.82. The van der Waals surface area contributed by atoms with E-state index in [1.54, 1.807) is 37.3 Å². The summed E-state index contributed by atoms with van der Waals surface area (Å²) in [5.74, 6) is -1.78. The van der Waals surface area contributed by atoms with Crippen molar-refractivity contribution in [3.8, 4) is 0 Å². The molecule has 0 saturated heterocycles. The first-order valence-electron chi connectivity index (χ1n) is 10.7. The van der Waals surface area contributed by atoms with Crippen LogP contribution in [0.3, 0.4) is 0 Å². The smallest absolute Gasteiger partial charge is 0.269 e. The Labute approximate surface area is 198 Å². The van der Waals surface area contributed by atoms with Crippen molar-refractivity contribution < 1.29 is 22.8 Å². The van der Waals surface area contributed by atoms with Gasteiger partial charge in [0.2, 0.25) is 11.8 Å². The molecule has 3 amide bonds. The number of carbonyl (C=O) groups is 3. The van der Waals surface area contributed by atoms with E-state index in [0.717, 1.165) is 6.42 Å². The fourth-order valence-electron chi connectivity index (χ4n) is 3.70. The van der Waals surface area contributed by atoms with E-state index in [0.29, 0.717) is 27.9 Å². The van der Waals surface area contributed by atoms with E-state index < -0.39 is 34.4 Å². The van der Waals surface area contributed by atoms with E-state index in [-0.39, 0.29) is 22.9 Å². The Balaban J connectivity index is 1.93. The van der Waals surface area contributed by atoms with Crippen LogP contribution in [0.5, 0.6) is 0 Å². The number of halogens is 1. The van der Waals surface area contributed by atoms with Gasteiger partial charge >= 0.3 is 0 Å². The van der Waals surface area contributed by atoms with Crippen LogP contribution >= 0.6 is 11.6 Å². The van der Waals surface area contributed by atoms with Crippen molar-refractivity contribution in [2.45, 2.75) is 44.2 Å². The van der Waals surface area contributed by atoms with Crippen LogP contribution < -0.4 is 5.32 Å². The molecule has 176 valence electrons. The molecule has 1 aliphatic heterocycles. The molecule has 0 radical (unpaired) electrons. The Hall–Kier alpha value is -2.91. The molecular weight excluding hydrogens is 466 g/mol. The molecule has 0 bridgehead atoms. The van der Waals surface area contributed by atoms with E-state index >= 15 is 0 Å². The molecule has 10 heteroatoms. The number of benzene rings is 2. The molecule has 33 heavy (non-hydrogen) atoms. The molecule has 3 rings (SSSR count). The number of fused-ring (bicyclic) bond motifs is 1. The van der Waals surface area contributed by atoms with Crippen molar-refractivity contribution >= 4 is 39.3 Å². The van der Waals surface area contributed by atoms with Gasteiger partial charge in [0.05, 0.1) is 5.56 Å². The van der Waals surface area contributed by atoms with Crippen LogP contribution in [0.15, 0.2) is 53.4 Å². The number of hydrogen-bond acceptors (Lipinski definition) is 5. The minimum absolute atomic E-state index is 0.00835. The number of amides is 3. The van der Waals surface area contributed by atoms with E-state index in [4.69, 9.17) is 11.6 Å². The highest BCUT2D eigenvalue weighted by molar-refractivity contribution is 7.90. The molecule has 2 aromatic rings. The van der Waals surface area contributed by atoms with Gasteiger partial charge in [-0.3, -0.25) is 14.4 Å². The Kier molecular flexibility index (Phi) is 7.76. The Morgan fingerprint density at radius 3 is 2.39 bits per heavy atom. The number of sulfonamides is 1. The predicted molar refractivity (Wildman–Crippen MR) is 124 cm³/mol. The summed E-state index contributed by atoms with van der Waals surface area (Å²) in [6, 6.07) is 11.9. The van der Waals surface area contributed by atoms with Gasteiger partial charge in [0.15, 0.2) is 0 Å². The number of carbonyl (C=O) groups excluding carboxylic acids is 3. The van der Waals surface area contributed by atoms with E-state index in [1.807, 2.05) is 6.92 Å². The van der Waals surface area contributed by atoms with Crippen LogP contribution in [-0.2, 0) is 26.2 Å². The normalized spacial score (nSPS) is 15.1. The lowest BCUT2D eigenvalue weighted by atomic mass is 10.1. The molecule has 1 unspecified atom stereocenters. The molecule has 0 saturated carbocycles. The molecule has 0 aromatic heterocycles. The fourth-order valence-corrected chi connectivity index (χ4v) is 5.41. The van der Waals surface area contributed by atoms with Gasteiger partial charge in [0.25, 0.3) is 15.9 Å². The van der Waals surface area contributed by atoms with Gasteiger partial charge in [-0.15, -0.1) is 0 Å². The van der Waals surface area contributed by atoms with Crippen LogP contribution in [0.1, 0.15) is 42.6 Å². The fraction of sp³-hybridized carbons (Fsp3) is 0.348. The third kappa shape index (κ3) is 5.04. The van der Waals surface area contributed by atoms with Crippen molar-refractivity contribution in [2.24, 2.45) is 0 Å². The summed E-state index contributed by atoms with van der Waals surface area (Å²) in [6.45, 7) is 3.40. The number of rotatable bonds is 9. The lowest BCUT2D eigenvalue weighted by Crippen LogP contribution is -2.52. The molecule has 8 nitrogen and oxygen atoms in total. The SMILES string of the molecule is CCCNC(=O)C(CC)N(Cc1ccccc1Cl)C(=O)CN1C(=O)c2ccccc2S1(=O)=O. The molecule has 1 aliphatic rings. The van der Waals surface area contributed by atoms with Crippen molar-refractivity contribution in [1.29, 1.82) is 0 Å². The summed E-state index contributed by atoms with van der Waals surface area (Å²) >= 11 is 6.28. The highest BCUT2D eigenvalue weighted by atomic mass is 35.5. The first-order chi connectivity index (χ1) is 15.7. The Morgan fingerprint density at radius 2 is 1.76 bits per heavy atom. The van der Waals surface area contributed by atoms with Gasteiger partial charge in [-0.25, -0.2) is 12.7 Å². The van der Waals surface area contributed by atoms with Gasteiger partial charge in [-0.05, 0) is 36.6 Å². The van der Waals surface area contributed by atoms with Crippen molar-refractivity contribution in [1.82, 2.24) is 14.5 Å². The molecule has 1 atom stereocenters. The summed E-state index contributed by atoms with van der Waals surface area (Å²) in [6.07, 6.45) is 1.02. The van der Waals surface area contributed by atoms with Crippen molar-refractivity contribution in [3.05, 3.63) is 64.7 Å². The molecule has 0 fully saturated rings. The zero-order chi connectivity index (χ0) is 24.2. The third-order valence-electron chi connectivity index (χ3n) is 5.42. The van der Waals surface area contributed by atoms with Gasteiger partial charge in [-0.2, -0.15) is 0 Å². The molecule has 1 heterocycles. The topological polar surface area (TPSA) is 104 Å². The van der Waals surface area contributed by atoms with Crippen LogP contribution in [-0.4, -0.2) is 54.5 Å². The first kappa shape index (κ1) is 24.7. The maximum Gasteiger partial charge on any atom is 0.269 e. The summed E-state index contributed by atoms with van der Waals surface area (Å²) in [5.41, 5.74) is 0.629. The Bertz CT molecular complexity index is 1170. The van der Waals surface area contributed by atoms with Gasteiger partial charge in [-0.1, -0.05) is 55.8 Å². The van der Waals surface area contributed by atoms with E-state index in [2.05, 4.69) is 5.32 Å². The minimum atomic E-state index is -4.16. The zero-order valence-electron chi connectivity index (χ0n) is 18.5. The number of nitrogens with one attached hydrogen (secondary N) is 1. The molecule has 1 N–H and O–H groups in total. The molecule has 0 spiro atoms. The zero-order valence-corrected chi connectivity index (χ0v) is 20.0. The quantitative estimate of drug-likeness (QED) is 0.581. The Morgan fingerprint density at radius 1 is 1.09 bits per heavy atom. The second-order valence-corrected chi connectivity index (χ2v) is 9.88. The first-order valence-corrected chi connectivity index (χ1v) is 12.5. The highest BCUT2D eigenvalue weighted by Crippen LogP contribution is 2.30. The maximum atomic E-state index is 13.4. The van der Waals surface area contributed by atoms with E-state index in [1.165, 1.54) is 23.1 Å². The molecule has 2 aromatic carbocycles. The summed E-state index contributed by atoms with van der Waals surface area (Å²) in [7, 11) is -4.16. The molecule has 0 aliphatic carbocycles. The van der Waals surface area contributed by atoms with Crippen molar-refractivity contribution in [2.75, 3.05) is 13.1 Å². The molecular formula is C23H26ClN3O5S. The maximum absolute atomic E-state index is 13.4. The summed E-state index contributed by atoms with van der Waals surface area (Å²) in [4.78, 5) is 40.2. The summed E-state index contributed by atoms with van der Waals surface area (Å²) in [5, 5.41) is 3.20. The van der Waals surface area contributed by atoms with Crippen LogP contribution in [0.4, 0.5) is 0 Å². The monoisotopic (exact) mass is 491 g/mol. The number of nitrogens with zero attached hydrogens (tertiary/aromatic N) is 2. The minimum Gasteiger partial charge on any atom is -0.354 e. The summed E-state index contributed by atoms with van der Waals surface area (Å²) < 4.78 is 26.4. The number of hydrogen-bond donors (Lipinski definition) is 1. The lowest BCUT2D eigenvalue weighted by Gasteiger charge is -2.32. The van der Waals surface area contributed by atoms with Gasteiger partial charge < -0.3 is 10.2 Å². The van der Waals surface area contributed by atoms with Crippen LogP contribution in [0.2, 0.25) is 5.02 Å². The van der Waals surface area contributed by atoms with Crippen LogP contribution in [0.25, 0.3) is 0 Å². The third-order valence-corrected chi connectivity index (χ3v) is 7.58. The average Bonchev–Trinajstić information content (AvgIpc) is 2.99. The largest absolute Gasteiger partial charge is 0.354 e. The van der Waals surface area contributed by atoms with Gasteiger partial charge in [0.1, 0.15) is 17.5 Å². The van der Waals surface area contributed by atoms with Crippen LogP contribution in [0, 0.1) is 0 Å². The highest BCUT2D eigenvalue weighted by Gasteiger charge is 2.43. The lowest BCUT2D eigenvalue weighted by molar-refractivity contribution is -0.141. The average molecular weight is 492 g/mol. The van der Waals surface area contributed by atoms with E-state index in [9.17, 15) is 22.8 Å². The standard InChI is InChI=1S/C23H26ClN3O5S/c1-3-13-25-22(29)19(4-2)26(14-16-9-5-7-11-18(16)24)21(28)15-27-23(30)17-10-6-8-12-20(17)33(27,31)32/h5-12,19H,3-4,13-15H2,1-2H3,(H,25,29). The van der Waals surface area contributed by atoms with Gasteiger partial charge in [0, 0.05) is 18.1 Å². The second kappa shape index (κ2) is 10.4.